The summed E-state index contributed by atoms with van der Waals surface area (Å²) in [5.74, 6) is 0.0249. The highest BCUT2D eigenvalue weighted by atomic mass is 19.4. The monoisotopic (exact) mass is 404 g/mol. The number of nitrogens with one attached hydrogen (secondary N) is 1. The van der Waals surface area contributed by atoms with E-state index >= 15 is 0 Å². The van der Waals surface area contributed by atoms with Crippen LogP contribution < -0.4 is 11.1 Å². The van der Waals surface area contributed by atoms with Gasteiger partial charge >= 0.3 is 6.18 Å². The molecule has 0 spiro atoms. The lowest BCUT2D eigenvalue weighted by Gasteiger charge is -2.36. The van der Waals surface area contributed by atoms with E-state index in [2.05, 4.69) is 25.3 Å². The molecule has 1 fully saturated rings. The molecule has 0 amide bonds. The van der Waals surface area contributed by atoms with Crippen molar-refractivity contribution in [1.29, 1.82) is 0 Å². The first-order chi connectivity index (χ1) is 13.8. The van der Waals surface area contributed by atoms with Crippen LogP contribution in [0.1, 0.15) is 30.0 Å². The van der Waals surface area contributed by atoms with Crippen molar-refractivity contribution in [1.82, 2.24) is 19.9 Å². The standard InChI is InChI=1S/C19H16F4N6/c20-12-6-4-10(5-7-12)11-8-13(9-11)25-18-28-16(27-17(24)29-18)14-2-1-3-15(26-14)19(21,22)23/h1-7,11,13H,8-9H2,(H3,24,25,27,28,29)/t11-,13-. The number of aromatic nitrogens is 4. The van der Waals surface area contributed by atoms with E-state index in [1.165, 1.54) is 24.3 Å². The van der Waals surface area contributed by atoms with Gasteiger partial charge in [-0.15, -0.1) is 0 Å². The van der Waals surface area contributed by atoms with Gasteiger partial charge in [0.1, 0.15) is 17.2 Å². The lowest BCUT2D eigenvalue weighted by Crippen LogP contribution is -2.34. The molecule has 1 aliphatic carbocycles. The molecule has 150 valence electrons. The van der Waals surface area contributed by atoms with Crippen molar-refractivity contribution < 1.29 is 17.6 Å². The van der Waals surface area contributed by atoms with E-state index in [0.29, 0.717) is 0 Å². The summed E-state index contributed by atoms with van der Waals surface area (Å²) in [6.07, 6.45) is -3.00. The number of alkyl halides is 3. The summed E-state index contributed by atoms with van der Waals surface area (Å²) >= 11 is 0. The van der Waals surface area contributed by atoms with Gasteiger partial charge in [0.25, 0.3) is 0 Å². The van der Waals surface area contributed by atoms with Gasteiger partial charge in [-0.1, -0.05) is 18.2 Å². The fraction of sp³-hybridized carbons (Fsp3) is 0.263. The molecule has 0 aliphatic heterocycles. The normalized spacial score (nSPS) is 18.9. The molecule has 1 aliphatic rings. The van der Waals surface area contributed by atoms with Crippen LogP contribution in [0.4, 0.5) is 29.5 Å². The van der Waals surface area contributed by atoms with Gasteiger partial charge in [-0.05, 0) is 48.6 Å². The van der Waals surface area contributed by atoms with E-state index in [0.717, 1.165) is 24.5 Å². The average Bonchev–Trinajstić information content (AvgIpc) is 2.64. The molecule has 0 atom stereocenters. The molecule has 0 unspecified atom stereocenters. The Hall–Kier alpha value is -3.30. The number of hydrogen-bond acceptors (Lipinski definition) is 6. The molecule has 0 saturated heterocycles. The Labute approximate surface area is 163 Å². The van der Waals surface area contributed by atoms with Crippen molar-refractivity contribution >= 4 is 11.9 Å². The van der Waals surface area contributed by atoms with Crippen molar-refractivity contribution in [2.75, 3.05) is 11.1 Å². The van der Waals surface area contributed by atoms with Gasteiger partial charge in [-0.2, -0.15) is 28.1 Å². The maximum Gasteiger partial charge on any atom is 0.433 e. The highest BCUT2D eigenvalue weighted by molar-refractivity contribution is 5.53. The zero-order valence-corrected chi connectivity index (χ0v) is 15.0. The predicted octanol–water partition coefficient (Wildman–Crippen LogP) is 4.03. The van der Waals surface area contributed by atoms with Crippen molar-refractivity contribution in [3.8, 4) is 11.5 Å². The van der Waals surface area contributed by atoms with Crippen LogP contribution in [0.5, 0.6) is 0 Å². The molecule has 1 saturated carbocycles. The molecule has 3 aromatic rings. The van der Waals surface area contributed by atoms with Crippen molar-refractivity contribution in [3.05, 3.63) is 59.5 Å². The number of halogens is 4. The Morgan fingerprint density at radius 1 is 0.931 bits per heavy atom. The summed E-state index contributed by atoms with van der Waals surface area (Å²) in [7, 11) is 0. The Bertz CT molecular complexity index is 1020. The van der Waals surface area contributed by atoms with Crippen molar-refractivity contribution in [2.24, 2.45) is 0 Å². The van der Waals surface area contributed by atoms with Crippen LogP contribution in [-0.4, -0.2) is 26.0 Å². The quantitative estimate of drug-likeness (QED) is 0.638. The number of nitrogens with two attached hydrogens (primary N) is 1. The van der Waals surface area contributed by atoms with E-state index in [9.17, 15) is 17.6 Å². The molecule has 2 heterocycles. The summed E-state index contributed by atoms with van der Waals surface area (Å²) in [6, 6.07) is 9.92. The van der Waals surface area contributed by atoms with Crippen LogP contribution in [0.3, 0.4) is 0 Å². The Balaban J connectivity index is 1.48. The zero-order valence-electron chi connectivity index (χ0n) is 15.0. The third-order valence-corrected chi connectivity index (χ3v) is 4.73. The number of pyridine rings is 1. The fourth-order valence-electron chi connectivity index (χ4n) is 3.21. The van der Waals surface area contributed by atoms with Gasteiger partial charge in [0.2, 0.25) is 11.9 Å². The number of rotatable bonds is 4. The molecule has 0 bridgehead atoms. The molecule has 2 aromatic heterocycles. The zero-order chi connectivity index (χ0) is 20.6. The van der Waals surface area contributed by atoms with Gasteiger partial charge in [-0.3, -0.25) is 0 Å². The van der Waals surface area contributed by atoms with Gasteiger partial charge in [0.15, 0.2) is 5.82 Å². The van der Waals surface area contributed by atoms with Crippen LogP contribution in [0.25, 0.3) is 11.5 Å². The lowest BCUT2D eigenvalue weighted by molar-refractivity contribution is -0.141. The van der Waals surface area contributed by atoms with Gasteiger partial charge in [0.05, 0.1) is 0 Å². The van der Waals surface area contributed by atoms with Crippen LogP contribution in [-0.2, 0) is 6.18 Å². The van der Waals surface area contributed by atoms with E-state index in [1.54, 1.807) is 12.1 Å². The first-order valence-corrected chi connectivity index (χ1v) is 8.86. The van der Waals surface area contributed by atoms with E-state index < -0.39 is 11.9 Å². The Morgan fingerprint density at radius 2 is 1.66 bits per heavy atom. The van der Waals surface area contributed by atoms with E-state index in [1.807, 2.05) is 0 Å². The van der Waals surface area contributed by atoms with Gasteiger partial charge in [-0.25, -0.2) is 9.37 Å². The number of nitrogen functional groups attached to an aromatic ring is 1. The molecule has 29 heavy (non-hydrogen) atoms. The summed E-state index contributed by atoms with van der Waals surface area (Å²) < 4.78 is 51.7. The summed E-state index contributed by atoms with van der Waals surface area (Å²) in [4.78, 5) is 15.6. The minimum Gasteiger partial charge on any atom is -0.368 e. The molecule has 6 nitrogen and oxygen atoms in total. The molecule has 0 radical (unpaired) electrons. The number of nitrogens with zero attached hydrogens (tertiary/aromatic N) is 4. The Kier molecular flexibility index (Phi) is 4.77. The molecular formula is C19H16F4N6. The molecule has 4 rings (SSSR count). The van der Waals surface area contributed by atoms with E-state index in [4.69, 9.17) is 5.73 Å². The third-order valence-electron chi connectivity index (χ3n) is 4.73. The van der Waals surface area contributed by atoms with Crippen molar-refractivity contribution in [3.63, 3.8) is 0 Å². The second kappa shape index (κ2) is 7.26. The smallest absolute Gasteiger partial charge is 0.368 e. The first-order valence-electron chi connectivity index (χ1n) is 8.86. The Morgan fingerprint density at radius 3 is 2.34 bits per heavy atom. The first kappa shape index (κ1) is 19.0. The SMILES string of the molecule is Nc1nc(N[C@H]2C[C@H](c3ccc(F)cc3)C2)nc(-c2cccc(C(F)(F)F)n2)n1. The second-order valence-electron chi connectivity index (χ2n) is 6.81. The molecule has 1 aromatic carbocycles. The van der Waals surface area contributed by atoms with Crippen LogP contribution in [0.2, 0.25) is 0 Å². The second-order valence-corrected chi connectivity index (χ2v) is 6.81. The van der Waals surface area contributed by atoms with Gasteiger partial charge in [0, 0.05) is 6.04 Å². The predicted molar refractivity (Wildman–Crippen MR) is 98.3 cm³/mol. The maximum atomic E-state index is 13.0. The minimum absolute atomic E-state index is 0.0412. The molecular weight excluding hydrogens is 388 g/mol. The fourth-order valence-corrected chi connectivity index (χ4v) is 3.21. The number of benzene rings is 1. The minimum atomic E-state index is -4.57. The topological polar surface area (TPSA) is 89.6 Å². The molecule has 3 N–H and O–H groups in total. The van der Waals surface area contributed by atoms with Gasteiger partial charge < -0.3 is 11.1 Å². The summed E-state index contributed by atoms with van der Waals surface area (Å²) in [5.41, 5.74) is 5.67. The average molecular weight is 404 g/mol. The largest absolute Gasteiger partial charge is 0.433 e. The molecule has 10 heteroatoms. The highest BCUT2D eigenvalue weighted by Crippen LogP contribution is 2.38. The third kappa shape index (κ3) is 4.25. The number of hydrogen-bond donors (Lipinski definition) is 2. The van der Waals surface area contributed by atoms with Crippen LogP contribution in [0.15, 0.2) is 42.5 Å². The van der Waals surface area contributed by atoms with Crippen LogP contribution in [0, 0.1) is 5.82 Å². The number of anilines is 2. The lowest BCUT2D eigenvalue weighted by atomic mass is 9.76. The summed E-state index contributed by atoms with van der Waals surface area (Å²) in [5, 5.41) is 3.12. The maximum absolute atomic E-state index is 13.0. The van der Waals surface area contributed by atoms with Crippen LogP contribution >= 0.6 is 0 Å². The van der Waals surface area contributed by atoms with Crippen molar-refractivity contribution in [2.45, 2.75) is 31.0 Å². The van der Waals surface area contributed by atoms with E-state index in [-0.39, 0.29) is 41.2 Å². The highest BCUT2D eigenvalue weighted by Gasteiger charge is 2.33. The summed E-state index contributed by atoms with van der Waals surface area (Å²) in [6.45, 7) is 0.